The first-order valence-corrected chi connectivity index (χ1v) is 5.88. The molecule has 0 saturated carbocycles. The van der Waals surface area contributed by atoms with E-state index >= 15 is 0 Å². The molecule has 2 N–H and O–H groups in total. The molecule has 0 amide bonds. The smallest absolute Gasteiger partial charge is 0.315 e. The lowest BCUT2D eigenvalue weighted by Gasteiger charge is -2.08. The number of anilines is 1. The summed E-state index contributed by atoms with van der Waals surface area (Å²) in [6, 6.07) is 0.838. The highest BCUT2D eigenvalue weighted by Crippen LogP contribution is 2.08. The highest BCUT2D eigenvalue weighted by Gasteiger charge is 2.07. The Morgan fingerprint density at radius 3 is 2.93 bits per heavy atom. The van der Waals surface area contributed by atoms with Gasteiger partial charge < -0.3 is 15.1 Å². The van der Waals surface area contributed by atoms with Crippen LogP contribution in [0.5, 0.6) is 0 Å². The largest absolute Gasteiger partial charge is 0.407 e. The fourth-order valence-electron chi connectivity index (χ4n) is 1.04. The quantitative estimate of drug-likeness (QED) is 0.738. The van der Waals surface area contributed by atoms with Crippen LogP contribution >= 0.6 is 11.8 Å². The summed E-state index contributed by atoms with van der Waals surface area (Å²) in [4.78, 5) is 0. The molecule has 14 heavy (non-hydrogen) atoms. The number of aromatic nitrogens is 2. The topological polar surface area (TPSA) is 63.0 Å². The third kappa shape index (κ3) is 3.55. The van der Waals surface area contributed by atoms with E-state index in [-0.39, 0.29) is 0 Å². The second kappa shape index (κ2) is 5.87. The molecule has 1 atom stereocenters. The van der Waals surface area contributed by atoms with Gasteiger partial charge in [-0.3, -0.25) is 0 Å². The highest BCUT2D eigenvalue weighted by atomic mass is 32.2. The summed E-state index contributed by atoms with van der Waals surface area (Å²) in [6.07, 6.45) is 2.07. The molecule has 0 aliphatic carbocycles. The number of thioether (sulfide) groups is 1. The van der Waals surface area contributed by atoms with Crippen LogP contribution in [0.3, 0.4) is 0 Å². The summed E-state index contributed by atoms with van der Waals surface area (Å²) in [6.45, 7) is 2.68. The van der Waals surface area contributed by atoms with E-state index in [1.54, 1.807) is 11.8 Å². The molecular formula is C8H16N4OS. The first-order chi connectivity index (χ1) is 6.76. The number of rotatable bonds is 6. The lowest BCUT2D eigenvalue weighted by atomic mass is 10.4. The molecule has 0 saturated heterocycles. The van der Waals surface area contributed by atoms with Crippen molar-refractivity contribution in [3.05, 3.63) is 5.89 Å². The molecule has 80 valence electrons. The Bertz CT molecular complexity index is 266. The van der Waals surface area contributed by atoms with Crippen LogP contribution in [0.4, 0.5) is 6.01 Å². The summed E-state index contributed by atoms with van der Waals surface area (Å²) in [5.41, 5.74) is 0. The maximum Gasteiger partial charge on any atom is 0.315 e. The fourth-order valence-corrected chi connectivity index (χ4v) is 1.62. The van der Waals surface area contributed by atoms with Crippen molar-refractivity contribution in [3.63, 3.8) is 0 Å². The van der Waals surface area contributed by atoms with Crippen molar-refractivity contribution in [1.29, 1.82) is 0 Å². The van der Waals surface area contributed by atoms with Crippen LogP contribution in [0, 0.1) is 0 Å². The zero-order valence-corrected chi connectivity index (χ0v) is 9.52. The Balaban J connectivity index is 2.42. The molecule has 0 aromatic carbocycles. The number of hydrogen-bond donors (Lipinski definition) is 2. The average molecular weight is 216 g/mol. The Morgan fingerprint density at radius 1 is 1.50 bits per heavy atom. The van der Waals surface area contributed by atoms with Gasteiger partial charge in [0.25, 0.3) is 0 Å². The zero-order valence-electron chi connectivity index (χ0n) is 8.70. The van der Waals surface area contributed by atoms with E-state index in [9.17, 15) is 0 Å². The van der Waals surface area contributed by atoms with Gasteiger partial charge >= 0.3 is 6.01 Å². The minimum atomic E-state index is 0.341. The molecule has 1 aromatic heterocycles. The van der Waals surface area contributed by atoms with Gasteiger partial charge in [-0.2, -0.15) is 11.8 Å². The average Bonchev–Trinajstić information content (AvgIpc) is 2.53. The van der Waals surface area contributed by atoms with Crippen LogP contribution < -0.4 is 10.6 Å². The molecule has 0 radical (unpaired) electrons. The summed E-state index contributed by atoms with van der Waals surface area (Å²) in [5.74, 6) is 1.62. The second-order valence-corrected chi connectivity index (χ2v) is 3.94. The summed E-state index contributed by atoms with van der Waals surface area (Å²) in [5, 5.41) is 13.8. The standard InChI is InChI=1S/C8H16N4OS/c1-6(5-14-3)10-8-12-11-7(13-8)4-9-2/h6,9H,4-5H2,1-3H3,(H,10,12). The maximum atomic E-state index is 5.34. The maximum absolute atomic E-state index is 5.34. The Labute approximate surface area is 88.0 Å². The van der Waals surface area contributed by atoms with E-state index < -0.39 is 0 Å². The van der Waals surface area contributed by atoms with E-state index in [2.05, 4.69) is 34.0 Å². The molecule has 0 aliphatic heterocycles. The summed E-state index contributed by atoms with van der Waals surface area (Å²) < 4.78 is 5.34. The molecule has 5 nitrogen and oxygen atoms in total. The zero-order chi connectivity index (χ0) is 10.4. The van der Waals surface area contributed by atoms with E-state index in [0.29, 0.717) is 24.5 Å². The third-order valence-electron chi connectivity index (χ3n) is 1.58. The molecule has 1 heterocycles. The predicted octanol–water partition coefficient (Wildman–Crippen LogP) is 0.952. The van der Waals surface area contributed by atoms with Crippen LogP contribution in [0.2, 0.25) is 0 Å². The van der Waals surface area contributed by atoms with Crippen LogP contribution in [0.25, 0.3) is 0 Å². The van der Waals surface area contributed by atoms with Crippen LogP contribution in [0.1, 0.15) is 12.8 Å². The normalized spacial score (nSPS) is 12.8. The van der Waals surface area contributed by atoms with Gasteiger partial charge in [0.1, 0.15) is 0 Å². The summed E-state index contributed by atoms with van der Waals surface area (Å²) in [7, 11) is 1.84. The summed E-state index contributed by atoms with van der Waals surface area (Å²) >= 11 is 1.78. The monoisotopic (exact) mass is 216 g/mol. The van der Waals surface area contributed by atoms with Gasteiger partial charge in [-0.15, -0.1) is 5.10 Å². The molecule has 0 spiro atoms. The van der Waals surface area contributed by atoms with E-state index in [1.807, 2.05) is 7.05 Å². The number of nitrogens with zero attached hydrogens (tertiary/aromatic N) is 2. The van der Waals surface area contributed by atoms with E-state index in [4.69, 9.17) is 4.42 Å². The minimum Gasteiger partial charge on any atom is -0.407 e. The van der Waals surface area contributed by atoms with Crippen LogP contribution in [0.15, 0.2) is 4.42 Å². The predicted molar refractivity (Wildman–Crippen MR) is 58.5 cm³/mol. The van der Waals surface area contributed by atoms with Gasteiger partial charge in [-0.25, -0.2) is 0 Å². The molecule has 0 fully saturated rings. The molecule has 1 unspecified atom stereocenters. The van der Waals surface area contributed by atoms with Crippen molar-refractivity contribution in [3.8, 4) is 0 Å². The first kappa shape index (κ1) is 11.3. The van der Waals surface area contributed by atoms with E-state index in [1.165, 1.54) is 0 Å². The van der Waals surface area contributed by atoms with Crippen molar-refractivity contribution in [2.45, 2.75) is 19.5 Å². The Hall–Kier alpha value is -0.750. The SMILES string of the molecule is CNCc1nnc(NC(C)CSC)o1. The van der Waals surface area contributed by atoms with Gasteiger partial charge in [0.05, 0.1) is 6.54 Å². The van der Waals surface area contributed by atoms with Crippen molar-refractivity contribution >= 4 is 17.8 Å². The molecule has 0 aliphatic rings. The van der Waals surface area contributed by atoms with Crippen molar-refractivity contribution in [2.24, 2.45) is 0 Å². The van der Waals surface area contributed by atoms with Crippen molar-refractivity contribution in [2.75, 3.05) is 24.4 Å². The molecule has 6 heteroatoms. The molecule has 1 aromatic rings. The number of hydrogen-bond acceptors (Lipinski definition) is 6. The van der Waals surface area contributed by atoms with Crippen LogP contribution in [-0.2, 0) is 6.54 Å². The highest BCUT2D eigenvalue weighted by molar-refractivity contribution is 7.98. The number of nitrogens with one attached hydrogen (secondary N) is 2. The van der Waals surface area contributed by atoms with Crippen molar-refractivity contribution in [1.82, 2.24) is 15.5 Å². The van der Waals surface area contributed by atoms with Crippen molar-refractivity contribution < 1.29 is 4.42 Å². The first-order valence-electron chi connectivity index (χ1n) is 4.48. The minimum absolute atomic E-state index is 0.341. The van der Waals surface area contributed by atoms with Gasteiger partial charge in [-0.1, -0.05) is 5.10 Å². The Kier molecular flexibility index (Phi) is 4.75. The van der Waals surface area contributed by atoms with Gasteiger partial charge in [0.15, 0.2) is 0 Å². The van der Waals surface area contributed by atoms with Crippen LogP contribution in [-0.4, -0.2) is 35.3 Å². The van der Waals surface area contributed by atoms with Gasteiger partial charge in [-0.05, 0) is 20.2 Å². The molecule has 0 bridgehead atoms. The van der Waals surface area contributed by atoms with Gasteiger partial charge in [0, 0.05) is 11.8 Å². The second-order valence-electron chi connectivity index (χ2n) is 3.03. The third-order valence-corrected chi connectivity index (χ3v) is 2.41. The van der Waals surface area contributed by atoms with Gasteiger partial charge in [0.2, 0.25) is 5.89 Å². The lowest BCUT2D eigenvalue weighted by molar-refractivity contribution is 0.487. The molecule has 1 rings (SSSR count). The van der Waals surface area contributed by atoms with E-state index in [0.717, 1.165) is 5.75 Å². The Morgan fingerprint density at radius 2 is 2.29 bits per heavy atom. The molecular weight excluding hydrogens is 200 g/mol. The lowest BCUT2D eigenvalue weighted by Crippen LogP contribution is -2.17. The fraction of sp³-hybridized carbons (Fsp3) is 0.750.